The molecule has 0 bridgehead atoms. The van der Waals surface area contributed by atoms with E-state index < -0.39 is 10.0 Å². The van der Waals surface area contributed by atoms with Crippen molar-refractivity contribution < 1.29 is 8.42 Å². The molecule has 8 nitrogen and oxygen atoms in total. The van der Waals surface area contributed by atoms with Gasteiger partial charge in [0, 0.05) is 0 Å². The van der Waals surface area contributed by atoms with E-state index in [-0.39, 0.29) is 23.6 Å². The van der Waals surface area contributed by atoms with Gasteiger partial charge in [0.2, 0.25) is 27.9 Å². The molecular formula is C5H10N6O2S. The molecule has 0 amide bonds. The molecule has 0 aliphatic heterocycles. The van der Waals surface area contributed by atoms with E-state index in [1.54, 1.807) is 0 Å². The molecule has 0 atom stereocenters. The van der Waals surface area contributed by atoms with Gasteiger partial charge in [-0.1, -0.05) is 0 Å². The number of nitrogens with zero attached hydrogens (tertiary/aromatic N) is 3. The second kappa shape index (κ2) is 3.62. The van der Waals surface area contributed by atoms with Gasteiger partial charge in [0.15, 0.2) is 0 Å². The van der Waals surface area contributed by atoms with E-state index in [1.165, 1.54) is 6.92 Å². The zero-order valence-corrected chi connectivity index (χ0v) is 8.24. The van der Waals surface area contributed by atoms with Crippen LogP contribution in [0.15, 0.2) is 0 Å². The minimum atomic E-state index is -3.42. The molecule has 78 valence electrons. The highest BCUT2D eigenvalue weighted by Gasteiger charge is 2.10. The molecule has 1 heterocycles. The molecule has 0 aliphatic carbocycles. The first-order valence-electron chi connectivity index (χ1n) is 3.70. The number of rotatable bonds is 3. The predicted molar refractivity (Wildman–Crippen MR) is 51.7 cm³/mol. The van der Waals surface area contributed by atoms with Crippen LogP contribution in [-0.2, 0) is 10.0 Å². The van der Waals surface area contributed by atoms with Gasteiger partial charge in [0.1, 0.15) is 0 Å². The lowest BCUT2D eigenvalue weighted by Crippen LogP contribution is -2.18. The molecule has 0 saturated heterocycles. The molecule has 0 saturated carbocycles. The van der Waals surface area contributed by atoms with Crippen molar-refractivity contribution in [2.75, 3.05) is 21.9 Å². The highest BCUT2D eigenvalue weighted by molar-refractivity contribution is 7.92. The maximum absolute atomic E-state index is 11.1. The summed E-state index contributed by atoms with van der Waals surface area (Å²) in [4.78, 5) is 10.6. The van der Waals surface area contributed by atoms with E-state index in [1.807, 2.05) is 0 Å². The van der Waals surface area contributed by atoms with Crippen molar-refractivity contribution in [3.05, 3.63) is 0 Å². The Balaban J connectivity index is 2.98. The predicted octanol–water partition coefficient (Wildman–Crippen LogP) is -1.20. The summed E-state index contributed by atoms with van der Waals surface area (Å²) in [6.45, 7) is 1.48. The van der Waals surface area contributed by atoms with Crippen LogP contribution in [0.1, 0.15) is 6.92 Å². The zero-order valence-electron chi connectivity index (χ0n) is 7.43. The topological polar surface area (TPSA) is 137 Å². The van der Waals surface area contributed by atoms with Crippen molar-refractivity contribution in [2.24, 2.45) is 0 Å². The molecule has 1 aromatic heterocycles. The minimum Gasteiger partial charge on any atom is -0.368 e. The van der Waals surface area contributed by atoms with Crippen molar-refractivity contribution in [3.8, 4) is 0 Å². The number of hydrogen-bond acceptors (Lipinski definition) is 7. The summed E-state index contributed by atoms with van der Waals surface area (Å²) >= 11 is 0. The van der Waals surface area contributed by atoms with Gasteiger partial charge in [0.25, 0.3) is 0 Å². The second-order valence-electron chi connectivity index (χ2n) is 2.38. The Morgan fingerprint density at radius 2 is 1.71 bits per heavy atom. The van der Waals surface area contributed by atoms with Crippen LogP contribution in [-0.4, -0.2) is 29.1 Å². The number of nitrogens with one attached hydrogen (secondary N) is 1. The molecule has 5 N–H and O–H groups in total. The Morgan fingerprint density at radius 1 is 1.21 bits per heavy atom. The van der Waals surface area contributed by atoms with E-state index in [0.29, 0.717) is 0 Å². The Hall–Kier alpha value is -1.64. The van der Waals surface area contributed by atoms with Gasteiger partial charge in [-0.25, -0.2) is 8.42 Å². The second-order valence-corrected chi connectivity index (χ2v) is 4.39. The maximum Gasteiger partial charge on any atom is 0.243 e. The van der Waals surface area contributed by atoms with Gasteiger partial charge >= 0.3 is 0 Å². The van der Waals surface area contributed by atoms with E-state index in [9.17, 15) is 8.42 Å². The van der Waals surface area contributed by atoms with Gasteiger partial charge in [-0.15, -0.1) is 0 Å². The van der Waals surface area contributed by atoms with Crippen LogP contribution < -0.4 is 16.2 Å². The van der Waals surface area contributed by atoms with Crippen LogP contribution in [0.3, 0.4) is 0 Å². The van der Waals surface area contributed by atoms with Gasteiger partial charge in [-0.3, -0.25) is 4.72 Å². The van der Waals surface area contributed by atoms with Crippen molar-refractivity contribution in [1.82, 2.24) is 15.0 Å². The Bertz CT molecular complexity index is 410. The third kappa shape index (κ3) is 2.69. The number of nitrogens with two attached hydrogens (primary N) is 2. The summed E-state index contributed by atoms with van der Waals surface area (Å²) in [5, 5.41) is 0. The Kier molecular flexibility index (Phi) is 2.70. The largest absolute Gasteiger partial charge is 0.368 e. The van der Waals surface area contributed by atoms with Gasteiger partial charge in [0.05, 0.1) is 5.75 Å². The highest BCUT2D eigenvalue weighted by atomic mass is 32.2. The molecule has 9 heteroatoms. The first-order chi connectivity index (χ1) is 6.43. The van der Waals surface area contributed by atoms with Gasteiger partial charge in [-0.2, -0.15) is 15.0 Å². The minimum absolute atomic E-state index is 0.0848. The summed E-state index contributed by atoms with van der Waals surface area (Å²) in [6, 6.07) is 0. The fraction of sp³-hybridized carbons (Fsp3) is 0.400. The van der Waals surface area contributed by atoms with Crippen LogP contribution in [0.5, 0.6) is 0 Å². The number of anilines is 3. The number of nitrogen functional groups attached to an aromatic ring is 2. The molecule has 0 spiro atoms. The lowest BCUT2D eigenvalue weighted by Gasteiger charge is -2.04. The van der Waals surface area contributed by atoms with Crippen LogP contribution in [0.25, 0.3) is 0 Å². The monoisotopic (exact) mass is 218 g/mol. The summed E-state index contributed by atoms with van der Waals surface area (Å²) in [6.07, 6.45) is 0. The van der Waals surface area contributed by atoms with Crippen LogP contribution in [0.4, 0.5) is 17.8 Å². The lowest BCUT2D eigenvalue weighted by atomic mass is 10.8. The molecule has 0 aliphatic rings. The summed E-state index contributed by atoms with van der Waals surface area (Å²) in [7, 11) is -3.42. The molecule has 0 unspecified atom stereocenters. The SMILES string of the molecule is CCS(=O)(=O)Nc1nc(N)nc(N)n1. The van der Waals surface area contributed by atoms with Crippen molar-refractivity contribution in [3.63, 3.8) is 0 Å². The number of sulfonamides is 1. The average molecular weight is 218 g/mol. The normalized spacial score (nSPS) is 11.2. The fourth-order valence-electron chi connectivity index (χ4n) is 0.666. The average Bonchev–Trinajstić information content (AvgIpc) is 2.01. The quantitative estimate of drug-likeness (QED) is 0.579. The molecule has 14 heavy (non-hydrogen) atoms. The van der Waals surface area contributed by atoms with Crippen molar-refractivity contribution in [2.45, 2.75) is 6.92 Å². The Morgan fingerprint density at radius 3 is 2.14 bits per heavy atom. The number of hydrogen-bond donors (Lipinski definition) is 3. The molecule has 0 aromatic carbocycles. The van der Waals surface area contributed by atoms with Crippen molar-refractivity contribution in [1.29, 1.82) is 0 Å². The Labute approximate surface area is 80.8 Å². The summed E-state index contributed by atoms with van der Waals surface area (Å²) in [5.41, 5.74) is 10.5. The van der Waals surface area contributed by atoms with E-state index in [4.69, 9.17) is 11.5 Å². The first kappa shape index (κ1) is 10.4. The van der Waals surface area contributed by atoms with Crippen LogP contribution in [0, 0.1) is 0 Å². The molecule has 1 aromatic rings. The molecule has 1 rings (SSSR count). The van der Waals surface area contributed by atoms with Crippen LogP contribution in [0.2, 0.25) is 0 Å². The smallest absolute Gasteiger partial charge is 0.243 e. The van der Waals surface area contributed by atoms with Crippen LogP contribution >= 0.6 is 0 Å². The van der Waals surface area contributed by atoms with Crippen molar-refractivity contribution >= 4 is 27.9 Å². The molecular weight excluding hydrogens is 208 g/mol. The molecule has 0 fully saturated rings. The van der Waals surface area contributed by atoms with E-state index in [2.05, 4.69) is 19.7 Å². The lowest BCUT2D eigenvalue weighted by molar-refractivity contribution is 0.602. The highest BCUT2D eigenvalue weighted by Crippen LogP contribution is 2.05. The third-order valence-electron chi connectivity index (χ3n) is 1.30. The van der Waals surface area contributed by atoms with Gasteiger partial charge in [-0.05, 0) is 6.92 Å². The summed E-state index contributed by atoms with van der Waals surface area (Å²) in [5.74, 6) is -0.521. The van der Waals surface area contributed by atoms with Gasteiger partial charge < -0.3 is 11.5 Å². The van der Waals surface area contributed by atoms with E-state index in [0.717, 1.165) is 0 Å². The van der Waals surface area contributed by atoms with E-state index >= 15 is 0 Å². The third-order valence-corrected chi connectivity index (χ3v) is 2.55. The number of aromatic nitrogens is 3. The standard InChI is InChI=1S/C5H10N6O2S/c1-2-14(12,13)11-5-9-3(6)8-4(7)10-5/h2H2,1H3,(H5,6,7,8,9,10,11). The summed E-state index contributed by atoms with van der Waals surface area (Å²) < 4.78 is 24.3. The zero-order chi connectivity index (χ0) is 10.8. The molecule has 0 radical (unpaired) electrons. The first-order valence-corrected chi connectivity index (χ1v) is 5.35. The maximum atomic E-state index is 11.1. The fourth-order valence-corrected chi connectivity index (χ4v) is 1.18.